The Bertz CT molecular complexity index is 849. The van der Waals surface area contributed by atoms with Crippen LogP contribution in [0.4, 0.5) is 0 Å². The lowest BCUT2D eigenvalue weighted by atomic mass is 10.2. The van der Waals surface area contributed by atoms with E-state index in [1.807, 2.05) is 24.3 Å². The first-order chi connectivity index (χ1) is 10.1. The summed E-state index contributed by atoms with van der Waals surface area (Å²) < 4.78 is 1.33. The molecule has 0 aliphatic carbocycles. The Morgan fingerprint density at radius 2 is 1.71 bits per heavy atom. The molecule has 0 saturated carbocycles. The standard InChI is InChI=1S/C14H9Cl2N3OS/c15-10-3-1-9(2-4-10)8-21-13-17-12-6-5-11(16)7-19(12)14(20)18-13/h1-7H,8H2. The molecular weight excluding hydrogens is 329 g/mol. The maximum absolute atomic E-state index is 11.9. The summed E-state index contributed by atoms with van der Waals surface area (Å²) in [5, 5.41) is 1.60. The lowest BCUT2D eigenvalue weighted by Gasteiger charge is -2.03. The van der Waals surface area contributed by atoms with Crippen LogP contribution >= 0.6 is 35.0 Å². The molecule has 3 aromatic rings. The van der Waals surface area contributed by atoms with E-state index in [0.717, 1.165) is 5.56 Å². The third-order valence-electron chi connectivity index (χ3n) is 2.78. The molecule has 2 aromatic heterocycles. The Morgan fingerprint density at radius 1 is 1.00 bits per heavy atom. The smallest absolute Gasteiger partial charge is 0.250 e. The van der Waals surface area contributed by atoms with Gasteiger partial charge >= 0.3 is 5.69 Å². The van der Waals surface area contributed by atoms with Crippen molar-refractivity contribution < 1.29 is 0 Å². The predicted octanol–water partition coefficient (Wildman–Crippen LogP) is 3.69. The van der Waals surface area contributed by atoms with Crippen LogP contribution in [0, 0.1) is 0 Å². The second-order valence-electron chi connectivity index (χ2n) is 4.28. The molecule has 0 amide bonds. The molecule has 4 nitrogen and oxygen atoms in total. The first-order valence-corrected chi connectivity index (χ1v) is 7.79. The molecular formula is C14H9Cl2N3OS. The van der Waals surface area contributed by atoms with E-state index in [1.54, 1.807) is 12.1 Å². The van der Waals surface area contributed by atoms with E-state index >= 15 is 0 Å². The zero-order valence-corrected chi connectivity index (χ0v) is 13.0. The summed E-state index contributed by atoms with van der Waals surface area (Å²) in [5.41, 5.74) is 1.23. The second kappa shape index (κ2) is 6.05. The Kier molecular flexibility index (Phi) is 4.14. The van der Waals surface area contributed by atoms with Gasteiger partial charge in [0, 0.05) is 17.0 Å². The summed E-state index contributed by atoms with van der Waals surface area (Å²) in [6.07, 6.45) is 1.51. The van der Waals surface area contributed by atoms with Crippen molar-refractivity contribution in [3.8, 4) is 0 Å². The number of nitrogens with zero attached hydrogens (tertiary/aromatic N) is 3. The number of hydrogen-bond acceptors (Lipinski definition) is 4. The van der Waals surface area contributed by atoms with Crippen molar-refractivity contribution >= 4 is 40.6 Å². The van der Waals surface area contributed by atoms with Crippen molar-refractivity contribution in [3.05, 3.63) is 68.7 Å². The molecule has 0 spiro atoms. The number of halogens is 2. The normalized spacial score (nSPS) is 11.0. The van der Waals surface area contributed by atoms with Crippen LogP contribution in [0.1, 0.15) is 5.56 Å². The third-order valence-corrected chi connectivity index (χ3v) is 4.17. The summed E-state index contributed by atoms with van der Waals surface area (Å²) >= 11 is 13.1. The Hall–Kier alpha value is -1.56. The molecule has 0 aliphatic heterocycles. The average Bonchev–Trinajstić information content (AvgIpc) is 2.47. The Morgan fingerprint density at radius 3 is 2.48 bits per heavy atom. The van der Waals surface area contributed by atoms with Gasteiger partial charge < -0.3 is 0 Å². The van der Waals surface area contributed by atoms with Crippen LogP contribution in [-0.2, 0) is 5.75 Å². The highest BCUT2D eigenvalue weighted by atomic mass is 35.5. The molecule has 21 heavy (non-hydrogen) atoms. The van der Waals surface area contributed by atoms with Crippen LogP contribution in [0.15, 0.2) is 52.5 Å². The van der Waals surface area contributed by atoms with Gasteiger partial charge in [-0.2, -0.15) is 4.98 Å². The van der Waals surface area contributed by atoms with E-state index < -0.39 is 0 Å². The zero-order valence-electron chi connectivity index (χ0n) is 10.7. The molecule has 0 unspecified atom stereocenters. The molecule has 7 heteroatoms. The highest BCUT2D eigenvalue weighted by Gasteiger charge is 2.05. The SMILES string of the molecule is O=c1nc(SCc2ccc(Cl)cc2)nc2ccc(Cl)cn12. The van der Waals surface area contributed by atoms with Crippen LogP contribution < -0.4 is 5.69 Å². The van der Waals surface area contributed by atoms with E-state index in [1.165, 1.54) is 22.4 Å². The fourth-order valence-corrected chi connectivity index (χ4v) is 2.84. The minimum atomic E-state index is -0.388. The largest absolute Gasteiger partial charge is 0.355 e. The van der Waals surface area contributed by atoms with Crippen molar-refractivity contribution in [1.82, 2.24) is 14.4 Å². The molecule has 0 atom stereocenters. The molecule has 0 bridgehead atoms. The highest BCUT2D eigenvalue weighted by molar-refractivity contribution is 7.98. The van der Waals surface area contributed by atoms with E-state index in [4.69, 9.17) is 23.2 Å². The summed E-state index contributed by atoms with van der Waals surface area (Å²) in [6, 6.07) is 10.9. The van der Waals surface area contributed by atoms with Gasteiger partial charge in [0.1, 0.15) is 5.65 Å². The van der Waals surface area contributed by atoms with Crippen molar-refractivity contribution in [3.63, 3.8) is 0 Å². The molecule has 3 rings (SSSR count). The van der Waals surface area contributed by atoms with Gasteiger partial charge in [0.05, 0.1) is 5.02 Å². The minimum absolute atomic E-state index is 0.388. The van der Waals surface area contributed by atoms with Crippen molar-refractivity contribution in [1.29, 1.82) is 0 Å². The maximum atomic E-state index is 11.9. The van der Waals surface area contributed by atoms with Gasteiger partial charge in [-0.25, -0.2) is 14.2 Å². The Balaban J connectivity index is 1.86. The monoisotopic (exact) mass is 337 g/mol. The van der Waals surface area contributed by atoms with Crippen LogP contribution in [0.2, 0.25) is 10.0 Å². The molecule has 0 N–H and O–H groups in total. The maximum Gasteiger partial charge on any atom is 0.355 e. The van der Waals surface area contributed by atoms with Crippen LogP contribution in [-0.4, -0.2) is 14.4 Å². The second-order valence-corrected chi connectivity index (χ2v) is 6.09. The van der Waals surface area contributed by atoms with Gasteiger partial charge in [-0.3, -0.25) is 0 Å². The van der Waals surface area contributed by atoms with Gasteiger partial charge in [0.25, 0.3) is 0 Å². The zero-order chi connectivity index (χ0) is 14.8. The fourth-order valence-electron chi connectivity index (χ4n) is 1.76. The molecule has 0 saturated heterocycles. The van der Waals surface area contributed by atoms with Gasteiger partial charge in [-0.15, -0.1) is 0 Å². The lowest BCUT2D eigenvalue weighted by Crippen LogP contribution is -2.18. The number of benzene rings is 1. The van der Waals surface area contributed by atoms with Crippen molar-refractivity contribution in [2.45, 2.75) is 10.9 Å². The van der Waals surface area contributed by atoms with Gasteiger partial charge in [0.15, 0.2) is 5.16 Å². The Labute approximate surface area is 134 Å². The first-order valence-electron chi connectivity index (χ1n) is 6.05. The highest BCUT2D eigenvalue weighted by Crippen LogP contribution is 2.20. The topological polar surface area (TPSA) is 47.3 Å². The molecule has 1 aromatic carbocycles. The van der Waals surface area contributed by atoms with Gasteiger partial charge in [-0.1, -0.05) is 47.1 Å². The lowest BCUT2D eigenvalue weighted by molar-refractivity contribution is 0.847. The van der Waals surface area contributed by atoms with Crippen LogP contribution in [0.25, 0.3) is 5.65 Å². The van der Waals surface area contributed by atoms with E-state index in [2.05, 4.69) is 9.97 Å². The number of fused-ring (bicyclic) bond motifs is 1. The molecule has 2 heterocycles. The summed E-state index contributed by atoms with van der Waals surface area (Å²) in [6.45, 7) is 0. The number of aromatic nitrogens is 3. The number of pyridine rings is 1. The molecule has 0 aliphatic rings. The number of thioether (sulfide) groups is 1. The van der Waals surface area contributed by atoms with Crippen LogP contribution in [0.5, 0.6) is 0 Å². The van der Waals surface area contributed by atoms with Crippen LogP contribution in [0.3, 0.4) is 0 Å². The van der Waals surface area contributed by atoms with E-state index in [-0.39, 0.29) is 5.69 Å². The van der Waals surface area contributed by atoms with E-state index in [9.17, 15) is 4.79 Å². The molecule has 0 fully saturated rings. The molecule has 106 valence electrons. The van der Waals surface area contributed by atoms with E-state index in [0.29, 0.717) is 26.6 Å². The summed E-state index contributed by atoms with van der Waals surface area (Å²) in [7, 11) is 0. The third kappa shape index (κ3) is 3.37. The summed E-state index contributed by atoms with van der Waals surface area (Å²) in [5.74, 6) is 0.667. The van der Waals surface area contributed by atoms with Crippen molar-refractivity contribution in [2.75, 3.05) is 0 Å². The predicted molar refractivity (Wildman–Crippen MR) is 85.3 cm³/mol. The van der Waals surface area contributed by atoms with Crippen molar-refractivity contribution in [2.24, 2.45) is 0 Å². The number of rotatable bonds is 3. The fraction of sp³-hybridized carbons (Fsp3) is 0.0714. The molecule has 0 radical (unpaired) electrons. The quantitative estimate of drug-likeness (QED) is 0.684. The minimum Gasteiger partial charge on any atom is -0.250 e. The average molecular weight is 338 g/mol. The summed E-state index contributed by atoms with van der Waals surface area (Å²) in [4.78, 5) is 20.2. The first kappa shape index (κ1) is 14.4. The van der Waals surface area contributed by atoms with Gasteiger partial charge in [0.2, 0.25) is 0 Å². The van der Waals surface area contributed by atoms with Gasteiger partial charge in [-0.05, 0) is 29.8 Å². The number of hydrogen-bond donors (Lipinski definition) is 0.